The van der Waals surface area contributed by atoms with Crippen molar-refractivity contribution in [3.8, 4) is 0 Å². The van der Waals surface area contributed by atoms with Gasteiger partial charge in [-0.25, -0.2) is 0 Å². The van der Waals surface area contributed by atoms with Crippen molar-refractivity contribution in [2.75, 3.05) is 0 Å². The Balaban J connectivity index is 3.31. The summed E-state index contributed by atoms with van der Waals surface area (Å²) in [4.78, 5) is 0. The molecule has 1 nitrogen and oxygen atoms in total. The minimum atomic E-state index is -5.84. The van der Waals surface area contributed by atoms with Crippen LogP contribution in [0.25, 0.3) is 0 Å². The molecule has 1 rings (SSSR count). The molecule has 1 unspecified atom stereocenters. The molecule has 0 heterocycles. The fraction of sp³-hybridized carbons (Fsp3) is 0.538. The molecule has 0 amide bonds. The first-order valence-corrected chi connectivity index (χ1v) is 5.91. The molecule has 0 aliphatic carbocycles. The third-order valence-electron chi connectivity index (χ3n) is 3.33. The summed E-state index contributed by atoms with van der Waals surface area (Å²) >= 11 is 0. The zero-order valence-electron chi connectivity index (χ0n) is 10.8. The topological polar surface area (TPSA) is 20.2 Å². The van der Waals surface area contributed by atoms with Crippen molar-refractivity contribution in [2.24, 2.45) is 0 Å². The highest BCUT2D eigenvalue weighted by molar-refractivity contribution is 5.31. The molecular weight excluding hydrogens is 286 g/mol. The molecule has 0 aliphatic rings. The van der Waals surface area contributed by atoms with Crippen molar-refractivity contribution in [1.29, 1.82) is 0 Å². The van der Waals surface area contributed by atoms with E-state index in [1.165, 1.54) is 12.1 Å². The van der Waals surface area contributed by atoms with Crippen LogP contribution >= 0.6 is 0 Å². The van der Waals surface area contributed by atoms with E-state index >= 15 is 0 Å². The predicted octanol–water partition coefficient (Wildman–Crippen LogP) is 4.51. The van der Waals surface area contributed by atoms with Crippen molar-refractivity contribution in [3.63, 3.8) is 0 Å². The molecule has 1 aromatic carbocycles. The Bertz CT molecular complexity index is 431. The lowest BCUT2D eigenvalue weighted by Gasteiger charge is -2.32. The number of aliphatic hydroxyl groups is 1. The second kappa shape index (κ2) is 5.27. The Hall–Kier alpha value is -1.24. The van der Waals surface area contributed by atoms with E-state index in [2.05, 4.69) is 0 Å². The first-order chi connectivity index (χ1) is 8.95. The molecule has 0 fully saturated rings. The third-order valence-corrected chi connectivity index (χ3v) is 3.33. The van der Waals surface area contributed by atoms with Gasteiger partial charge in [-0.1, -0.05) is 38.1 Å². The van der Waals surface area contributed by atoms with Gasteiger partial charge in [-0.05, 0) is 17.9 Å². The molecule has 7 heteroatoms. The van der Waals surface area contributed by atoms with Crippen molar-refractivity contribution >= 4 is 0 Å². The van der Waals surface area contributed by atoms with Crippen LogP contribution in [0.15, 0.2) is 24.3 Å². The average Bonchev–Trinajstić information content (AvgIpc) is 2.34. The van der Waals surface area contributed by atoms with E-state index in [0.717, 1.165) is 0 Å². The standard InChI is InChI=1S/C13H14F6O/c1-3-8(2)9-4-6-10(7-5-9)11(20,12(14,15)16)13(17,18)19/h4-8,20H,3H2,1-2H3. The van der Waals surface area contributed by atoms with Gasteiger partial charge >= 0.3 is 12.4 Å². The molecule has 0 saturated carbocycles. The van der Waals surface area contributed by atoms with Crippen LogP contribution in [0.3, 0.4) is 0 Å². The summed E-state index contributed by atoms with van der Waals surface area (Å²) in [7, 11) is 0. The monoisotopic (exact) mass is 300 g/mol. The molecule has 0 aromatic heterocycles. The normalized spacial score (nSPS) is 15.2. The second-order valence-electron chi connectivity index (χ2n) is 4.64. The van der Waals surface area contributed by atoms with Gasteiger partial charge in [0.25, 0.3) is 5.60 Å². The number of benzene rings is 1. The lowest BCUT2D eigenvalue weighted by molar-refractivity contribution is -0.376. The van der Waals surface area contributed by atoms with Gasteiger partial charge in [-0.2, -0.15) is 26.3 Å². The number of alkyl halides is 6. The molecule has 0 bridgehead atoms. The van der Waals surface area contributed by atoms with E-state index in [9.17, 15) is 31.4 Å². The molecule has 0 aliphatic heterocycles. The fourth-order valence-electron chi connectivity index (χ4n) is 1.78. The summed E-state index contributed by atoms with van der Waals surface area (Å²) in [5.41, 5.74) is -5.47. The summed E-state index contributed by atoms with van der Waals surface area (Å²) < 4.78 is 75.8. The zero-order chi connectivity index (χ0) is 15.8. The van der Waals surface area contributed by atoms with E-state index in [0.29, 0.717) is 24.1 Å². The molecule has 0 spiro atoms. The van der Waals surface area contributed by atoms with E-state index in [-0.39, 0.29) is 5.92 Å². The van der Waals surface area contributed by atoms with E-state index < -0.39 is 23.5 Å². The van der Waals surface area contributed by atoms with Crippen LogP contribution in [0, 0.1) is 0 Å². The van der Waals surface area contributed by atoms with Crippen LogP contribution in [-0.2, 0) is 5.60 Å². The molecule has 1 N–H and O–H groups in total. The Morgan fingerprint density at radius 1 is 0.950 bits per heavy atom. The summed E-state index contributed by atoms with van der Waals surface area (Å²) in [6.07, 6.45) is -11.0. The number of halogens is 6. The maximum absolute atomic E-state index is 12.6. The van der Waals surface area contributed by atoms with Gasteiger partial charge < -0.3 is 5.11 Å². The molecular formula is C13H14F6O. The van der Waals surface area contributed by atoms with Crippen LogP contribution in [0.5, 0.6) is 0 Å². The highest BCUT2D eigenvalue weighted by Crippen LogP contribution is 2.50. The summed E-state index contributed by atoms with van der Waals surface area (Å²) in [5.74, 6) is 0.00826. The van der Waals surface area contributed by atoms with Gasteiger partial charge in [0.05, 0.1) is 0 Å². The van der Waals surface area contributed by atoms with E-state index in [4.69, 9.17) is 0 Å². The SMILES string of the molecule is CCC(C)c1ccc(C(O)(C(F)(F)F)C(F)(F)F)cc1. The molecule has 114 valence electrons. The van der Waals surface area contributed by atoms with Gasteiger partial charge in [0, 0.05) is 5.56 Å². The molecule has 0 radical (unpaired) electrons. The molecule has 0 saturated heterocycles. The third kappa shape index (κ3) is 2.77. The lowest BCUT2D eigenvalue weighted by atomic mass is 9.89. The first kappa shape index (κ1) is 16.8. The van der Waals surface area contributed by atoms with Gasteiger partial charge in [0.15, 0.2) is 0 Å². The number of hydrogen-bond acceptors (Lipinski definition) is 1. The average molecular weight is 300 g/mol. The van der Waals surface area contributed by atoms with E-state index in [1.54, 1.807) is 6.92 Å². The van der Waals surface area contributed by atoms with Crippen molar-refractivity contribution in [3.05, 3.63) is 35.4 Å². The highest BCUT2D eigenvalue weighted by Gasteiger charge is 2.71. The van der Waals surface area contributed by atoms with Crippen molar-refractivity contribution < 1.29 is 31.4 Å². The largest absolute Gasteiger partial charge is 0.430 e. The number of hydrogen-bond donors (Lipinski definition) is 1. The summed E-state index contributed by atoms with van der Waals surface area (Å²) in [6.45, 7) is 3.65. The van der Waals surface area contributed by atoms with Gasteiger partial charge in [-0.3, -0.25) is 0 Å². The maximum atomic E-state index is 12.6. The van der Waals surface area contributed by atoms with Crippen LogP contribution < -0.4 is 0 Å². The quantitative estimate of drug-likeness (QED) is 0.814. The summed E-state index contributed by atoms with van der Waals surface area (Å²) in [5, 5.41) is 9.19. The Morgan fingerprint density at radius 2 is 1.35 bits per heavy atom. The fourth-order valence-corrected chi connectivity index (χ4v) is 1.78. The van der Waals surface area contributed by atoms with Crippen LogP contribution in [-0.4, -0.2) is 17.5 Å². The van der Waals surface area contributed by atoms with Gasteiger partial charge in [-0.15, -0.1) is 0 Å². The molecule has 1 aromatic rings. The van der Waals surface area contributed by atoms with Gasteiger partial charge in [0.1, 0.15) is 0 Å². The minimum Gasteiger partial charge on any atom is -0.369 e. The predicted molar refractivity (Wildman–Crippen MR) is 61.2 cm³/mol. The maximum Gasteiger partial charge on any atom is 0.430 e. The smallest absolute Gasteiger partial charge is 0.369 e. The minimum absolute atomic E-state index is 0.00826. The lowest BCUT2D eigenvalue weighted by Crippen LogP contribution is -2.53. The van der Waals surface area contributed by atoms with E-state index in [1.807, 2.05) is 6.92 Å². The van der Waals surface area contributed by atoms with Crippen molar-refractivity contribution in [2.45, 2.75) is 44.1 Å². The van der Waals surface area contributed by atoms with Crippen LogP contribution in [0.2, 0.25) is 0 Å². The summed E-state index contributed by atoms with van der Waals surface area (Å²) in [6, 6.07) is 3.68. The number of rotatable bonds is 3. The van der Waals surface area contributed by atoms with Crippen LogP contribution in [0.1, 0.15) is 37.3 Å². The Kier molecular flexibility index (Phi) is 4.43. The van der Waals surface area contributed by atoms with Crippen molar-refractivity contribution in [1.82, 2.24) is 0 Å². The second-order valence-corrected chi connectivity index (χ2v) is 4.64. The van der Waals surface area contributed by atoms with Crippen LogP contribution in [0.4, 0.5) is 26.3 Å². The highest BCUT2D eigenvalue weighted by atomic mass is 19.4. The Morgan fingerprint density at radius 3 is 1.65 bits per heavy atom. The molecule has 20 heavy (non-hydrogen) atoms. The van der Waals surface area contributed by atoms with Gasteiger partial charge in [0.2, 0.25) is 0 Å². The first-order valence-electron chi connectivity index (χ1n) is 5.91. The molecule has 1 atom stereocenters. The Labute approximate surface area is 112 Å². The zero-order valence-corrected chi connectivity index (χ0v) is 10.8.